The van der Waals surface area contributed by atoms with Crippen molar-refractivity contribution in [2.24, 2.45) is 11.3 Å². The molecule has 1 saturated carbocycles. The molecule has 0 heterocycles. The Morgan fingerprint density at radius 3 is 2.82 bits per heavy atom. The quantitative estimate of drug-likeness (QED) is 0.646. The maximum Gasteiger partial charge on any atom is 0.101 e. The van der Waals surface area contributed by atoms with E-state index in [2.05, 4.69) is 39.9 Å². The van der Waals surface area contributed by atoms with Gasteiger partial charge in [0.25, 0.3) is 0 Å². The van der Waals surface area contributed by atoms with Crippen molar-refractivity contribution < 1.29 is 0 Å². The minimum atomic E-state index is 0.603. The molecule has 1 aromatic carbocycles. The molecule has 1 unspecified atom stereocenters. The van der Waals surface area contributed by atoms with Crippen LogP contribution >= 0.6 is 0 Å². The summed E-state index contributed by atoms with van der Waals surface area (Å²) in [5, 5.41) is 0. The second-order valence-electron chi connectivity index (χ2n) is 8.38. The molecule has 0 radical (unpaired) electrons. The van der Waals surface area contributed by atoms with Crippen molar-refractivity contribution in [1.29, 1.82) is 0 Å². The summed E-state index contributed by atoms with van der Waals surface area (Å²) in [5.74, 6) is 1.78. The Labute approximate surface area is 138 Å². The van der Waals surface area contributed by atoms with Crippen molar-refractivity contribution in [1.82, 2.24) is 0 Å². The van der Waals surface area contributed by atoms with Crippen LogP contribution in [0.15, 0.2) is 18.2 Å². The Morgan fingerprint density at radius 1 is 1.23 bits per heavy atom. The summed E-state index contributed by atoms with van der Waals surface area (Å²) in [6.45, 7) is 4.86. The molecular formula is C21H33B. The molecule has 0 aromatic heterocycles. The molecule has 0 saturated heterocycles. The van der Waals surface area contributed by atoms with E-state index < -0.39 is 0 Å². The van der Waals surface area contributed by atoms with E-state index in [1.165, 1.54) is 64.1 Å². The third-order valence-corrected chi connectivity index (χ3v) is 6.69. The summed E-state index contributed by atoms with van der Waals surface area (Å²) in [5.41, 5.74) is 5.58. The van der Waals surface area contributed by atoms with Gasteiger partial charge in [-0.25, -0.2) is 0 Å². The molecule has 0 nitrogen and oxygen atoms in total. The molecule has 0 amide bonds. The monoisotopic (exact) mass is 296 g/mol. The number of hydrogen-bond acceptors (Lipinski definition) is 0. The molecule has 2 aliphatic carbocycles. The lowest BCUT2D eigenvalue weighted by Crippen LogP contribution is -2.15. The van der Waals surface area contributed by atoms with Crippen molar-refractivity contribution in [2.75, 3.05) is 0 Å². The van der Waals surface area contributed by atoms with Gasteiger partial charge in [0.1, 0.15) is 7.85 Å². The van der Waals surface area contributed by atoms with Gasteiger partial charge in [-0.05, 0) is 72.5 Å². The highest BCUT2D eigenvalue weighted by Gasteiger charge is 2.34. The van der Waals surface area contributed by atoms with Crippen LogP contribution in [-0.2, 0) is 12.8 Å². The molecule has 1 fully saturated rings. The normalized spacial score (nSPS) is 31.2. The van der Waals surface area contributed by atoms with Crippen LogP contribution < -0.4 is 0 Å². The number of rotatable bonds is 5. The Bertz CT molecular complexity index is 507. The van der Waals surface area contributed by atoms with Gasteiger partial charge in [-0.15, -0.1) is 0 Å². The van der Waals surface area contributed by atoms with Crippen molar-refractivity contribution in [3.8, 4) is 0 Å². The fraction of sp³-hybridized carbons (Fsp3) is 0.714. The van der Waals surface area contributed by atoms with Gasteiger partial charge in [-0.1, -0.05) is 57.6 Å². The van der Waals surface area contributed by atoms with Crippen LogP contribution in [-0.4, -0.2) is 7.85 Å². The van der Waals surface area contributed by atoms with Crippen LogP contribution in [0, 0.1) is 11.3 Å². The Morgan fingerprint density at radius 2 is 2.09 bits per heavy atom. The molecule has 3 rings (SSSR count). The van der Waals surface area contributed by atoms with E-state index in [0.29, 0.717) is 5.41 Å². The van der Waals surface area contributed by atoms with Gasteiger partial charge in [0.2, 0.25) is 0 Å². The summed E-state index contributed by atoms with van der Waals surface area (Å²) < 4.78 is 0. The van der Waals surface area contributed by atoms with E-state index in [4.69, 9.17) is 0 Å². The molecule has 0 N–H and O–H groups in total. The highest BCUT2D eigenvalue weighted by Crippen LogP contribution is 2.48. The minimum absolute atomic E-state index is 0.603. The van der Waals surface area contributed by atoms with Gasteiger partial charge in [-0.2, -0.15) is 0 Å². The lowest BCUT2D eigenvalue weighted by molar-refractivity contribution is 0.319. The Hall–Kier alpha value is -0.715. The highest BCUT2D eigenvalue weighted by atomic mass is 14.4. The summed E-state index contributed by atoms with van der Waals surface area (Å²) >= 11 is 0. The topological polar surface area (TPSA) is 0 Å². The fourth-order valence-corrected chi connectivity index (χ4v) is 4.77. The van der Waals surface area contributed by atoms with Crippen molar-refractivity contribution >= 4 is 7.85 Å². The SMILES string of the molecule is BCCCC1CCc2cc([C@H]3CC[C@](C)(CC)C3)ccc2C1. The third-order valence-electron chi connectivity index (χ3n) is 6.69. The number of benzene rings is 1. The van der Waals surface area contributed by atoms with Gasteiger partial charge in [0.05, 0.1) is 0 Å². The first-order valence-electron chi connectivity index (χ1n) is 9.75. The average Bonchev–Trinajstić information content (AvgIpc) is 2.95. The average molecular weight is 296 g/mol. The van der Waals surface area contributed by atoms with E-state index in [9.17, 15) is 0 Å². The van der Waals surface area contributed by atoms with Crippen LogP contribution in [0.4, 0.5) is 0 Å². The minimum Gasteiger partial charge on any atom is -0.0810 e. The zero-order chi connectivity index (χ0) is 15.6. The second-order valence-corrected chi connectivity index (χ2v) is 8.38. The van der Waals surface area contributed by atoms with Gasteiger partial charge in [0, 0.05) is 0 Å². The second kappa shape index (κ2) is 6.81. The maximum atomic E-state index is 2.58. The first kappa shape index (κ1) is 16.2. The molecule has 2 aliphatic rings. The van der Waals surface area contributed by atoms with Crippen molar-refractivity contribution in [3.63, 3.8) is 0 Å². The van der Waals surface area contributed by atoms with Crippen LogP contribution in [0.25, 0.3) is 0 Å². The predicted octanol–water partition coefficient (Wildman–Crippen LogP) is 5.31. The molecule has 22 heavy (non-hydrogen) atoms. The lowest BCUT2D eigenvalue weighted by Gasteiger charge is -2.26. The fourth-order valence-electron chi connectivity index (χ4n) is 4.77. The van der Waals surface area contributed by atoms with Gasteiger partial charge in [-0.3, -0.25) is 0 Å². The van der Waals surface area contributed by atoms with E-state index >= 15 is 0 Å². The van der Waals surface area contributed by atoms with Gasteiger partial charge >= 0.3 is 0 Å². The van der Waals surface area contributed by atoms with Crippen molar-refractivity contribution in [3.05, 3.63) is 34.9 Å². The van der Waals surface area contributed by atoms with Gasteiger partial charge in [0.15, 0.2) is 0 Å². The summed E-state index contributed by atoms with van der Waals surface area (Å²) in [6.07, 6.45) is 13.9. The molecule has 0 aliphatic heterocycles. The van der Waals surface area contributed by atoms with Crippen LogP contribution in [0.1, 0.15) is 81.4 Å². The van der Waals surface area contributed by atoms with Crippen molar-refractivity contribution in [2.45, 2.75) is 83.9 Å². The first-order chi connectivity index (χ1) is 10.6. The molecule has 1 aromatic rings. The van der Waals surface area contributed by atoms with Crippen LogP contribution in [0.3, 0.4) is 0 Å². The van der Waals surface area contributed by atoms with Gasteiger partial charge < -0.3 is 0 Å². The Balaban J connectivity index is 1.68. The van der Waals surface area contributed by atoms with E-state index in [1.54, 1.807) is 16.7 Å². The largest absolute Gasteiger partial charge is 0.101 e. The molecule has 0 spiro atoms. The zero-order valence-electron chi connectivity index (χ0n) is 15.0. The maximum absolute atomic E-state index is 2.58. The molecule has 0 bridgehead atoms. The molecular weight excluding hydrogens is 263 g/mol. The first-order valence-corrected chi connectivity index (χ1v) is 9.75. The summed E-state index contributed by atoms with van der Waals surface area (Å²) in [7, 11) is 2.31. The van der Waals surface area contributed by atoms with E-state index in [-0.39, 0.29) is 0 Å². The highest BCUT2D eigenvalue weighted by molar-refractivity contribution is 6.08. The molecule has 120 valence electrons. The molecule has 1 heteroatoms. The summed E-state index contributed by atoms with van der Waals surface area (Å²) in [4.78, 5) is 0. The summed E-state index contributed by atoms with van der Waals surface area (Å²) in [6, 6.07) is 7.52. The number of fused-ring (bicyclic) bond motifs is 1. The zero-order valence-corrected chi connectivity index (χ0v) is 15.0. The number of hydrogen-bond donors (Lipinski definition) is 0. The lowest BCUT2D eigenvalue weighted by atomic mass is 9.78. The Kier molecular flexibility index (Phi) is 5.00. The van der Waals surface area contributed by atoms with E-state index in [1.807, 2.05) is 0 Å². The smallest absolute Gasteiger partial charge is 0.0810 e. The standard InChI is InChI=1S/C21H33B/c1-3-21(2)11-10-20(15-21)19-9-8-17-13-16(5-4-12-22)6-7-18(17)14-19/h8-9,14,16,20H,3-7,10-13,15,22H2,1-2H3/t16?,20-,21-/m0/s1. The van der Waals surface area contributed by atoms with Crippen LogP contribution in [0.2, 0.25) is 6.32 Å². The van der Waals surface area contributed by atoms with Crippen LogP contribution in [0.5, 0.6) is 0 Å². The predicted molar refractivity (Wildman–Crippen MR) is 99.5 cm³/mol. The molecule has 3 atom stereocenters. The third kappa shape index (κ3) is 3.44. The van der Waals surface area contributed by atoms with E-state index in [0.717, 1.165) is 11.8 Å². The number of aryl methyl sites for hydroxylation is 1.